The maximum Gasteiger partial charge on any atom is 0.255 e. The number of fused-ring (bicyclic) bond motifs is 2. The normalized spacial score (nSPS) is 34.0. The Kier molecular flexibility index (Phi) is 5.21. The number of rotatable bonds is 3. The Bertz CT molecular complexity index is 883. The van der Waals surface area contributed by atoms with E-state index in [1.54, 1.807) is 4.90 Å². The third kappa shape index (κ3) is 3.64. The van der Waals surface area contributed by atoms with Crippen LogP contribution >= 0.6 is 34.4 Å². The summed E-state index contributed by atoms with van der Waals surface area (Å²) in [6, 6.07) is 5.22. The van der Waals surface area contributed by atoms with E-state index in [-0.39, 0.29) is 34.5 Å². The van der Waals surface area contributed by atoms with Crippen LogP contribution in [0, 0.1) is 5.92 Å². The molecule has 0 aromatic heterocycles. The van der Waals surface area contributed by atoms with E-state index in [2.05, 4.69) is 43.9 Å². The van der Waals surface area contributed by atoms with E-state index in [0.717, 1.165) is 23.4 Å². The largest absolute Gasteiger partial charge is 0.369 e. The number of amides is 3. The van der Waals surface area contributed by atoms with Crippen molar-refractivity contribution in [1.82, 2.24) is 20.9 Å². The molecule has 8 nitrogen and oxygen atoms in total. The number of carbonyl (C=O) groups excluding carboxylic acids is 3. The van der Waals surface area contributed by atoms with Crippen LogP contribution in [0.15, 0.2) is 18.2 Å². The molecule has 5 rings (SSSR count). The maximum absolute atomic E-state index is 12.8. The van der Waals surface area contributed by atoms with Gasteiger partial charge in [0.05, 0.1) is 11.5 Å². The molecule has 1 aromatic carbocycles. The zero-order valence-corrected chi connectivity index (χ0v) is 18.6. The Labute approximate surface area is 186 Å². The van der Waals surface area contributed by atoms with Gasteiger partial charge in [-0.05, 0) is 64.9 Å². The highest BCUT2D eigenvalue weighted by Crippen LogP contribution is 2.37. The van der Waals surface area contributed by atoms with Crippen molar-refractivity contribution < 1.29 is 14.4 Å². The van der Waals surface area contributed by atoms with Crippen LogP contribution in [0.3, 0.4) is 0 Å². The Morgan fingerprint density at radius 3 is 2.86 bits per heavy atom. The molecule has 1 aromatic rings. The summed E-state index contributed by atoms with van der Waals surface area (Å²) in [4.78, 5) is 38.0. The lowest BCUT2D eigenvalue weighted by molar-refractivity contribution is -0.136. The van der Waals surface area contributed by atoms with Gasteiger partial charge < -0.3 is 10.2 Å². The highest BCUT2D eigenvalue weighted by atomic mass is 127. The number of thioether (sulfide) groups is 1. The van der Waals surface area contributed by atoms with Crippen LogP contribution in [-0.2, 0) is 16.1 Å². The second-order valence-corrected chi connectivity index (χ2v) is 10.3. The molecule has 0 radical (unpaired) electrons. The van der Waals surface area contributed by atoms with Crippen molar-refractivity contribution in [3.8, 4) is 0 Å². The van der Waals surface area contributed by atoms with Crippen LogP contribution < -0.4 is 21.3 Å². The molecule has 4 aliphatic rings. The van der Waals surface area contributed by atoms with E-state index in [4.69, 9.17) is 0 Å². The molecule has 4 N–H and O–H groups in total. The smallest absolute Gasteiger partial charge is 0.255 e. The van der Waals surface area contributed by atoms with E-state index in [9.17, 15) is 14.4 Å². The van der Waals surface area contributed by atoms with Gasteiger partial charge in [0.15, 0.2) is 0 Å². The van der Waals surface area contributed by atoms with Crippen LogP contribution in [0.25, 0.3) is 0 Å². The van der Waals surface area contributed by atoms with Crippen molar-refractivity contribution in [1.29, 1.82) is 0 Å². The molecule has 3 saturated heterocycles. The number of benzene rings is 1. The van der Waals surface area contributed by atoms with Crippen molar-refractivity contribution in [2.75, 3.05) is 11.1 Å². The minimum absolute atomic E-state index is 0.138. The molecule has 4 heterocycles. The van der Waals surface area contributed by atoms with E-state index in [1.165, 1.54) is 0 Å². The van der Waals surface area contributed by atoms with E-state index >= 15 is 0 Å². The average molecular weight is 527 g/mol. The molecule has 3 amide bonds. The first kappa shape index (κ1) is 19.6. The highest BCUT2D eigenvalue weighted by Gasteiger charge is 2.41. The SMILES string of the molecule is O=C1CCC(N2Cc3cc(NC4NC(I)NC5SCCC45)ccc3C2=O)C(=O)N1. The molecule has 29 heavy (non-hydrogen) atoms. The number of imide groups is 1. The fourth-order valence-electron chi connectivity index (χ4n) is 4.59. The topological polar surface area (TPSA) is 103 Å². The van der Waals surface area contributed by atoms with Gasteiger partial charge in [-0.3, -0.25) is 30.3 Å². The number of anilines is 1. The Balaban J connectivity index is 1.32. The Morgan fingerprint density at radius 2 is 2.03 bits per heavy atom. The number of piperidine rings is 1. The molecule has 5 atom stereocenters. The first-order chi connectivity index (χ1) is 14.0. The number of halogens is 1. The zero-order valence-electron chi connectivity index (χ0n) is 15.6. The third-order valence-electron chi connectivity index (χ3n) is 6.05. The van der Waals surface area contributed by atoms with Gasteiger partial charge in [0.2, 0.25) is 11.8 Å². The number of carbonyl (C=O) groups is 3. The van der Waals surface area contributed by atoms with Crippen molar-refractivity contribution >= 4 is 57.8 Å². The number of nitrogens with one attached hydrogen (secondary N) is 4. The van der Waals surface area contributed by atoms with Crippen LogP contribution in [0.2, 0.25) is 0 Å². The lowest BCUT2D eigenvalue weighted by atomic mass is 10.0. The van der Waals surface area contributed by atoms with Crippen molar-refractivity contribution in [3.05, 3.63) is 29.3 Å². The van der Waals surface area contributed by atoms with Gasteiger partial charge in [-0.25, -0.2) is 0 Å². The number of hydrogen-bond acceptors (Lipinski definition) is 7. The Morgan fingerprint density at radius 1 is 1.17 bits per heavy atom. The van der Waals surface area contributed by atoms with Crippen LogP contribution in [-0.4, -0.2) is 50.1 Å². The summed E-state index contributed by atoms with van der Waals surface area (Å²) in [5, 5.41) is 13.6. The number of alkyl halides is 1. The molecule has 3 fully saturated rings. The quantitative estimate of drug-likeness (QED) is 0.203. The van der Waals surface area contributed by atoms with Crippen LogP contribution in [0.5, 0.6) is 0 Å². The summed E-state index contributed by atoms with van der Waals surface area (Å²) >= 11 is 4.34. The summed E-state index contributed by atoms with van der Waals surface area (Å²) in [6.07, 6.45) is 1.97. The first-order valence-corrected chi connectivity index (χ1v) is 12.1. The van der Waals surface area contributed by atoms with E-state index in [1.807, 2.05) is 30.0 Å². The summed E-state index contributed by atoms with van der Waals surface area (Å²) < 4.78 is 0.205. The predicted molar refractivity (Wildman–Crippen MR) is 118 cm³/mol. The fraction of sp³-hybridized carbons (Fsp3) is 0.526. The molecule has 0 saturated carbocycles. The van der Waals surface area contributed by atoms with Gasteiger partial charge in [-0.2, -0.15) is 0 Å². The third-order valence-corrected chi connectivity index (χ3v) is 8.08. The number of nitrogens with zero attached hydrogens (tertiary/aromatic N) is 1. The van der Waals surface area contributed by atoms with Crippen LogP contribution in [0.4, 0.5) is 5.69 Å². The molecular formula is C19H22IN5O3S. The van der Waals surface area contributed by atoms with Crippen molar-refractivity contribution in [3.63, 3.8) is 0 Å². The summed E-state index contributed by atoms with van der Waals surface area (Å²) in [5.74, 6) is 0.873. The van der Waals surface area contributed by atoms with Gasteiger partial charge >= 0.3 is 0 Å². The molecule has 10 heteroatoms. The second-order valence-electron chi connectivity index (χ2n) is 7.83. The lowest BCUT2D eigenvalue weighted by Crippen LogP contribution is -2.61. The maximum atomic E-state index is 12.8. The van der Waals surface area contributed by atoms with Crippen molar-refractivity contribution in [2.24, 2.45) is 5.92 Å². The molecule has 0 spiro atoms. The average Bonchev–Trinajstić information content (AvgIpc) is 3.26. The standard InChI is InChI=1S/C19H22IN5O3S/c20-19-23-15(12-5-6-29-17(12)24-19)21-10-1-2-11-9(7-10)8-25(18(11)28)13-3-4-14(26)22-16(13)27/h1-2,7,12-13,15,17,19,21,23-24H,3-6,8H2,(H,22,26,27). The van der Waals surface area contributed by atoms with E-state index < -0.39 is 6.04 Å². The summed E-state index contributed by atoms with van der Waals surface area (Å²) in [7, 11) is 0. The molecule has 154 valence electrons. The Hall–Kier alpha value is -1.37. The van der Waals surface area contributed by atoms with Gasteiger partial charge in [0, 0.05) is 30.1 Å². The van der Waals surface area contributed by atoms with Gasteiger partial charge in [-0.1, -0.05) is 0 Å². The minimum Gasteiger partial charge on any atom is -0.369 e. The van der Waals surface area contributed by atoms with Gasteiger partial charge in [0.1, 0.15) is 10.2 Å². The zero-order chi connectivity index (χ0) is 20.1. The fourth-order valence-corrected chi connectivity index (χ4v) is 7.04. The first-order valence-electron chi connectivity index (χ1n) is 9.81. The minimum atomic E-state index is -0.578. The summed E-state index contributed by atoms with van der Waals surface area (Å²) in [5.41, 5.74) is 2.53. The predicted octanol–water partition coefficient (Wildman–Crippen LogP) is 1.18. The lowest BCUT2D eigenvalue weighted by Gasteiger charge is -2.39. The summed E-state index contributed by atoms with van der Waals surface area (Å²) in [6.45, 7) is 0.395. The van der Waals surface area contributed by atoms with Gasteiger partial charge in [-0.15, -0.1) is 11.8 Å². The van der Waals surface area contributed by atoms with Crippen LogP contribution in [0.1, 0.15) is 35.2 Å². The molecule has 4 aliphatic heterocycles. The highest BCUT2D eigenvalue weighted by molar-refractivity contribution is 14.1. The number of hydrogen-bond donors (Lipinski definition) is 4. The van der Waals surface area contributed by atoms with Gasteiger partial charge in [0.25, 0.3) is 5.91 Å². The van der Waals surface area contributed by atoms with E-state index in [0.29, 0.717) is 29.8 Å². The second kappa shape index (κ2) is 7.71. The van der Waals surface area contributed by atoms with Crippen molar-refractivity contribution in [2.45, 2.75) is 47.6 Å². The molecule has 0 bridgehead atoms. The molecule has 5 unspecified atom stereocenters. The molecular weight excluding hydrogens is 505 g/mol. The molecule has 0 aliphatic carbocycles. The monoisotopic (exact) mass is 527 g/mol.